The third-order valence-corrected chi connectivity index (χ3v) is 19.7. The van der Waals surface area contributed by atoms with Crippen molar-refractivity contribution in [2.24, 2.45) is 0 Å². The maximum Gasteiger partial charge on any atom is 0.472 e. The molecule has 0 aliphatic carbocycles. The van der Waals surface area contributed by atoms with Gasteiger partial charge in [-0.1, -0.05) is 334 Å². The molecule has 0 aromatic heterocycles. The SMILES string of the molecule is CC/C=C\C/C=C\C/C=C\C/C=C\C/C=C\C/C=C\CCCCCCCCC(=O)OCC(COP(=O)(O)OCC(O)COP(=O)(O)OCC(O)COC(=O)CCCCCCCCCCCCCCCCCCCCC/C=C\C/C=C\C/C=C\C/C=C\CCCCC)OC(=O)CCCCCCC/C=C\CCCC. The third-order valence-electron chi connectivity index (χ3n) is 17.8. The molecule has 5 atom stereocenters. The Hall–Kier alpha value is -4.31. The van der Waals surface area contributed by atoms with Gasteiger partial charge in [0.2, 0.25) is 0 Å². The molecular weight excluding hydrogens is 1390 g/mol. The molecule has 0 aromatic carbocycles. The molecule has 18 heteroatoms. The van der Waals surface area contributed by atoms with Crippen LogP contribution in [0.25, 0.3) is 0 Å². The van der Waals surface area contributed by atoms with Crippen LogP contribution in [-0.4, -0.2) is 95.9 Å². The van der Waals surface area contributed by atoms with Crippen molar-refractivity contribution >= 4 is 33.6 Å². The first kappa shape index (κ1) is 103. The number of esters is 3. The summed E-state index contributed by atoms with van der Waals surface area (Å²) >= 11 is 0. The first-order chi connectivity index (χ1) is 52.2. The first-order valence-corrected chi connectivity index (χ1v) is 45.5. The Balaban J connectivity index is 4.35. The number of ether oxygens (including phenoxy) is 3. The summed E-state index contributed by atoms with van der Waals surface area (Å²) in [5.41, 5.74) is 0. The lowest BCUT2D eigenvalue weighted by Crippen LogP contribution is -2.30. The number of aliphatic hydroxyl groups is 2. The second kappa shape index (κ2) is 81.2. The monoisotopic (exact) mass is 1540 g/mol. The molecule has 0 rings (SSSR count). The summed E-state index contributed by atoms with van der Waals surface area (Å²) in [6, 6.07) is 0. The van der Waals surface area contributed by atoms with Crippen LogP contribution >= 0.6 is 15.6 Å². The maximum absolute atomic E-state index is 12.9. The average Bonchev–Trinajstić information content (AvgIpc) is 0.909. The molecule has 107 heavy (non-hydrogen) atoms. The summed E-state index contributed by atoms with van der Waals surface area (Å²) in [5, 5.41) is 20.6. The van der Waals surface area contributed by atoms with Crippen molar-refractivity contribution < 1.29 is 75.8 Å². The molecule has 0 bridgehead atoms. The van der Waals surface area contributed by atoms with E-state index in [1.165, 1.54) is 141 Å². The predicted octanol–water partition coefficient (Wildman–Crippen LogP) is 25.4. The van der Waals surface area contributed by atoms with Crippen LogP contribution in [0.2, 0.25) is 0 Å². The van der Waals surface area contributed by atoms with Gasteiger partial charge in [0.25, 0.3) is 0 Å². The fourth-order valence-electron chi connectivity index (χ4n) is 11.4. The van der Waals surface area contributed by atoms with Gasteiger partial charge in [-0.3, -0.25) is 32.5 Å². The van der Waals surface area contributed by atoms with Crippen molar-refractivity contribution in [1.82, 2.24) is 0 Å². The Morgan fingerprint density at radius 1 is 0.271 bits per heavy atom. The van der Waals surface area contributed by atoms with Gasteiger partial charge < -0.3 is 34.2 Å². The zero-order valence-electron chi connectivity index (χ0n) is 67.5. The van der Waals surface area contributed by atoms with E-state index >= 15 is 0 Å². The fraction of sp³-hybridized carbons (Fsp3) is 0.719. The van der Waals surface area contributed by atoms with E-state index in [2.05, 4.69) is 154 Å². The van der Waals surface area contributed by atoms with Gasteiger partial charge in [0.15, 0.2) is 6.10 Å². The van der Waals surface area contributed by atoms with Crippen LogP contribution in [0.15, 0.2) is 134 Å². The van der Waals surface area contributed by atoms with Crippen LogP contribution in [0.1, 0.15) is 355 Å². The maximum atomic E-state index is 12.9. The van der Waals surface area contributed by atoms with Crippen molar-refractivity contribution in [3.63, 3.8) is 0 Å². The molecule has 0 saturated heterocycles. The number of carbonyl (C=O) groups is 3. The number of hydrogen-bond donors (Lipinski definition) is 4. The van der Waals surface area contributed by atoms with Crippen LogP contribution in [0.4, 0.5) is 0 Å². The molecule has 0 amide bonds. The van der Waals surface area contributed by atoms with E-state index in [-0.39, 0.29) is 19.3 Å². The standard InChI is InChI=1S/C89H154O16P2/c1-4-7-10-13-16-19-22-24-26-28-30-32-34-36-37-38-39-40-41-42-43-44-45-47-49-50-52-54-56-58-61-63-66-69-72-75-87(92)99-78-84(90)79-101-106(95,96)102-80-85(91)81-103-107(97,98)104-83-86(105-89(94)77-74-71-68-65-60-21-18-15-12-9-6-3)82-100-88(93)76-73-70-67-64-62-59-57-55-53-51-48-46-35-33-31-29-27-25-23-20-17-14-11-8-5-2/h8,11,15-20,24-27,30-33,36-37,46,48,53,55,84-86,90-91H,4-7,9-10,12-14,21-23,28-29,34-35,38-45,47,49-52,54,56-83H2,1-3H3,(H,95,96)(H,97,98)/b11-8-,18-15-,19-16-,20-17-,26-24-,27-25-,32-30-,33-31-,37-36-,48-46-,55-53-. The first-order valence-electron chi connectivity index (χ1n) is 42.5. The zero-order chi connectivity index (χ0) is 78.0. The van der Waals surface area contributed by atoms with Crippen LogP contribution in [0, 0.1) is 0 Å². The van der Waals surface area contributed by atoms with E-state index in [0.717, 1.165) is 154 Å². The molecule has 0 spiro atoms. The molecule has 616 valence electrons. The smallest absolute Gasteiger partial charge is 0.463 e. The molecule has 0 aromatic rings. The summed E-state index contributed by atoms with van der Waals surface area (Å²) in [6.07, 6.45) is 99.6. The molecule has 0 fully saturated rings. The van der Waals surface area contributed by atoms with E-state index in [0.29, 0.717) is 19.3 Å². The number of aliphatic hydroxyl groups excluding tert-OH is 2. The second-order valence-corrected chi connectivity index (χ2v) is 31.2. The van der Waals surface area contributed by atoms with Gasteiger partial charge in [0.05, 0.1) is 26.4 Å². The number of allylic oxidation sites excluding steroid dienone is 22. The van der Waals surface area contributed by atoms with Crippen LogP contribution in [0.5, 0.6) is 0 Å². The van der Waals surface area contributed by atoms with E-state index < -0.39 is 91.5 Å². The highest BCUT2D eigenvalue weighted by atomic mass is 31.2. The number of phosphoric ester groups is 2. The summed E-state index contributed by atoms with van der Waals surface area (Å²) in [4.78, 5) is 58.6. The lowest BCUT2D eigenvalue weighted by atomic mass is 10.0. The lowest BCUT2D eigenvalue weighted by molar-refractivity contribution is -0.161. The summed E-state index contributed by atoms with van der Waals surface area (Å²) in [6.45, 7) is 2.49. The van der Waals surface area contributed by atoms with Gasteiger partial charge >= 0.3 is 33.6 Å². The highest BCUT2D eigenvalue weighted by Crippen LogP contribution is 2.45. The highest BCUT2D eigenvalue weighted by Gasteiger charge is 2.29. The van der Waals surface area contributed by atoms with E-state index in [4.69, 9.17) is 32.3 Å². The second-order valence-electron chi connectivity index (χ2n) is 28.2. The Labute approximate surface area is 652 Å². The number of rotatable bonds is 80. The fourth-order valence-corrected chi connectivity index (χ4v) is 12.9. The van der Waals surface area contributed by atoms with E-state index in [1.54, 1.807) is 0 Å². The van der Waals surface area contributed by atoms with Crippen molar-refractivity contribution in [3.05, 3.63) is 134 Å². The van der Waals surface area contributed by atoms with Crippen LogP contribution in [0.3, 0.4) is 0 Å². The van der Waals surface area contributed by atoms with Crippen LogP contribution in [-0.2, 0) is 55.8 Å². The Morgan fingerprint density at radius 3 is 0.822 bits per heavy atom. The van der Waals surface area contributed by atoms with Crippen molar-refractivity contribution in [2.75, 3.05) is 39.6 Å². The molecule has 4 N–H and O–H groups in total. The minimum atomic E-state index is -4.94. The van der Waals surface area contributed by atoms with Crippen molar-refractivity contribution in [2.45, 2.75) is 373 Å². The quantitative estimate of drug-likeness (QED) is 0.0146. The molecule has 5 unspecified atom stereocenters. The van der Waals surface area contributed by atoms with Crippen molar-refractivity contribution in [1.29, 1.82) is 0 Å². The van der Waals surface area contributed by atoms with Gasteiger partial charge in [-0.15, -0.1) is 0 Å². The molecule has 0 heterocycles. The highest BCUT2D eigenvalue weighted by molar-refractivity contribution is 7.47. The predicted molar refractivity (Wildman–Crippen MR) is 445 cm³/mol. The average molecular weight is 1540 g/mol. The van der Waals surface area contributed by atoms with Gasteiger partial charge in [0, 0.05) is 19.3 Å². The molecule has 0 saturated carbocycles. The van der Waals surface area contributed by atoms with Gasteiger partial charge in [0.1, 0.15) is 25.4 Å². The molecular formula is C89H154O16P2. The molecule has 0 aliphatic heterocycles. The summed E-state index contributed by atoms with van der Waals surface area (Å²) in [7, 11) is -9.79. The number of phosphoric acid groups is 2. The van der Waals surface area contributed by atoms with Gasteiger partial charge in [-0.25, -0.2) is 9.13 Å². The molecule has 16 nitrogen and oxygen atoms in total. The number of carbonyl (C=O) groups excluding carboxylic acids is 3. The normalized spacial score (nSPS) is 14.6. The third kappa shape index (κ3) is 82.5. The summed E-state index contributed by atoms with van der Waals surface area (Å²) in [5.74, 6) is -1.60. The van der Waals surface area contributed by atoms with Crippen LogP contribution < -0.4 is 0 Å². The number of unbranched alkanes of at least 4 members (excludes halogenated alkanes) is 35. The Bertz CT molecular complexity index is 2480. The molecule has 0 aliphatic rings. The van der Waals surface area contributed by atoms with Gasteiger partial charge in [-0.05, 0) is 135 Å². The van der Waals surface area contributed by atoms with Gasteiger partial charge in [-0.2, -0.15) is 0 Å². The Morgan fingerprint density at radius 2 is 0.505 bits per heavy atom. The lowest BCUT2D eigenvalue weighted by Gasteiger charge is -2.21. The Kier molecular flexibility index (Phi) is 77.9. The minimum absolute atomic E-state index is 0.0883. The minimum Gasteiger partial charge on any atom is -0.463 e. The van der Waals surface area contributed by atoms with Crippen molar-refractivity contribution in [3.8, 4) is 0 Å². The topological polar surface area (TPSA) is 231 Å². The van der Waals surface area contributed by atoms with E-state index in [9.17, 15) is 43.5 Å². The van der Waals surface area contributed by atoms with E-state index in [1.807, 2.05) is 0 Å². The zero-order valence-corrected chi connectivity index (χ0v) is 69.3. The molecule has 0 radical (unpaired) electrons. The largest absolute Gasteiger partial charge is 0.472 e. The summed E-state index contributed by atoms with van der Waals surface area (Å²) < 4.78 is 61.1. The number of hydrogen-bond acceptors (Lipinski definition) is 14.